The number of nitrogens with zero attached hydrogens (tertiary/aromatic N) is 1. The normalized spacial score (nSPS) is 11.4. The van der Waals surface area contributed by atoms with E-state index in [9.17, 15) is 8.42 Å². The Morgan fingerprint density at radius 3 is 2.25 bits per heavy atom. The lowest BCUT2D eigenvalue weighted by molar-refractivity contribution is 0.594. The number of benzene rings is 2. The van der Waals surface area contributed by atoms with Crippen molar-refractivity contribution in [3.63, 3.8) is 0 Å². The monoisotopic (exact) mass is 373 g/mol. The van der Waals surface area contributed by atoms with Crippen LogP contribution in [0, 0.1) is 6.92 Å². The Labute approximate surface area is 132 Å². The Bertz CT molecular complexity index is 729. The zero-order chi connectivity index (χ0) is 14.9. The minimum absolute atomic E-state index is 0.236. The van der Waals surface area contributed by atoms with Gasteiger partial charge in [-0.1, -0.05) is 33.6 Å². The summed E-state index contributed by atoms with van der Waals surface area (Å²) >= 11 is 9.33. The minimum atomic E-state index is -3.58. The maximum absolute atomic E-state index is 12.5. The summed E-state index contributed by atoms with van der Waals surface area (Å²) in [7, 11) is -2.07. The third-order valence-electron chi connectivity index (χ3n) is 2.99. The van der Waals surface area contributed by atoms with E-state index in [1.165, 1.54) is 11.4 Å². The number of aryl methyl sites for hydroxylation is 1. The van der Waals surface area contributed by atoms with Crippen molar-refractivity contribution in [1.29, 1.82) is 0 Å². The van der Waals surface area contributed by atoms with Gasteiger partial charge in [0.05, 0.1) is 10.6 Å². The summed E-state index contributed by atoms with van der Waals surface area (Å²) < 4.78 is 27.1. The Hall–Kier alpha value is -1.04. The fourth-order valence-electron chi connectivity index (χ4n) is 1.68. The average molecular weight is 375 g/mol. The molecule has 0 aliphatic rings. The second kappa shape index (κ2) is 5.76. The van der Waals surface area contributed by atoms with Gasteiger partial charge in [0.2, 0.25) is 0 Å². The molecule has 20 heavy (non-hydrogen) atoms. The van der Waals surface area contributed by atoms with Crippen LogP contribution in [0.3, 0.4) is 0 Å². The molecule has 3 nitrogen and oxygen atoms in total. The van der Waals surface area contributed by atoms with Gasteiger partial charge in [-0.15, -0.1) is 0 Å². The zero-order valence-electron chi connectivity index (χ0n) is 11.0. The number of sulfonamides is 1. The molecule has 0 radical (unpaired) electrons. The molecule has 0 bridgehead atoms. The molecular weight excluding hydrogens is 362 g/mol. The quantitative estimate of drug-likeness (QED) is 0.806. The summed E-state index contributed by atoms with van der Waals surface area (Å²) in [6.07, 6.45) is 0. The highest BCUT2D eigenvalue weighted by Gasteiger charge is 2.21. The van der Waals surface area contributed by atoms with E-state index in [1.54, 1.807) is 42.5 Å². The van der Waals surface area contributed by atoms with Gasteiger partial charge in [0.1, 0.15) is 0 Å². The molecule has 0 aromatic heterocycles. The Kier molecular flexibility index (Phi) is 4.42. The van der Waals surface area contributed by atoms with Gasteiger partial charge in [-0.05, 0) is 48.9 Å². The predicted octanol–water partition coefficient (Wildman–Crippen LogP) is 4.24. The first-order valence-corrected chi connectivity index (χ1v) is 8.44. The van der Waals surface area contributed by atoms with Crippen LogP contribution in [0.1, 0.15) is 5.56 Å². The largest absolute Gasteiger partial charge is 0.269 e. The number of halogens is 2. The van der Waals surface area contributed by atoms with E-state index in [0.29, 0.717) is 10.7 Å². The fourth-order valence-corrected chi connectivity index (χ4v) is 3.31. The highest BCUT2D eigenvalue weighted by molar-refractivity contribution is 9.10. The first kappa shape index (κ1) is 15.4. The summed E-state index contributed by atoms with van der Waals surface area (Å²) in [5.74, 6) is 0. The Balaban J connectivity index is 2.42. The smallest absolute Gasteiger partial charge is 0.264 e. The molecule has 0 fully saturated rings. The van der Waals surface area contributed by atoms with E-state index in [2.05, 4.69) is 15.9 Å². The van der Waals surface area contributed by atoms with Crippen molar-refractivity contribution < 1.29 is 8.42 Å². The molecule has 0 atom stereocenters. The van der Waals surface area contributed by atoms with E-state index in [0.717, 1.165) is 10.0 Å². The van der Waals surface area contributed by atoms with Crippen LogP contribution in [0.25, 0.3) is 0 Å². The fraction of sp³-hybridized carbons (Fsp3) is 0.143. The van der Waals surface area contributed by atoms with Crippen molar-refractivity contribution >= 4 is 43.2 Å². The standard InChI is InChI=1S/C14H13BrClNO2S/c1-10-3-6-12(9-14(10)16)17(2)20(18,19)13-7-4-11(15)5-8-13/h3-9H,1-2H3. The van der Waals surface area contributed by atoms with E-state index in [4.69, 9.17) is 11.6 Å². The highest BCUT2D eigenvalue weighted by Crippen LogP contribution is 2.27. The molecule has 0 amide bonds. The predicted molar refractivity (Wildman–Crippen MR) is 85.9 cm³/mol. The minimum Gasteiger partial charge on any atom is -0.269 e. The molecule has 0 saturated heterocycles. The van der Waals surface area contributed by atoms with E-state index in [1.807, 2.05) is 6.92 Å². The van der Waals surface area contributed by atoms with Gasteiger partial charge < -0.3 is 0 Å². The molecule has 0 aliphatic heterocycles. The van der Waals surface area contributed by atoms with Gasteiger partial charge >= 0.3 is 0 Å². The van der Waals surface area contributed by atoms with Crippen molar-refractivity contribution in [1.82, 2.24) is 0 Å². The molecule has 2 aromatic carbocycles. The Morgan fingerprint density at radius 2 is 1.70 bits per heavy atom. The molecule has 6 heteroatoms. The molecule has 0 heterocycles. The summed E-state index contributed by atoms with van der Waals surface area (Å²) in [5, 5.41) is 0.542. The van der Waals surface area contributed by atoms with Crippen LogP contribution in [0.15, 0.2) is 51.8 Å². The van der Waals surface area contributed by atoms with Crippen LogP contribution < -0.4 is 4.31 Å². The maximum atomic E-state index is 12.5. The third kappa shape index (κ3) is 3.00. The summed E-state index contributed by atoms with van der Waals surface area (Å²) in [5.41, 5.74) is 1.44. The van der Waals surface area contributed by atoms with Gasteiger partial charge in [0.25, 0.3) is 10.0 Å². The van der Waals surface area contributed by atoms with Crippen molar-refractivity contribution in [2.45, 2.75) is 11.8 Å². The average Bonchev–Trinajstić information content (AvgIpc) is 2.41. The van der Waals surface area contributed by atoms with Gasteiger partial charge in [-0.2, -0.15) is 0 Å². The van der Waals surface area contributed by atoms with Crippen LogP contribution in [0.5, 0.6) is 0 Å². The molecule has 0 saturated carbocycles. The topological polar surface area (TPSA) is 37.4 Å². The lowest BCUT2D eigenvalue weighted by Gasteiger charge is -2.20. The van der Waals surface area contributed by atoms with Crippen molar-refractivity contribution in [2.24, 2.45) is 0 Å². The number of rotatable bonds is 3. The number of hydrogen-bond donors (Lipinski definition) is 0. The van der Waals surface area contributed by atoms with Gasteiger partial charge in [-0.3, -0.25) is 4.31 Å². The molecular formula is C14H13BrClNO2S. The number of hydrogen-bond acceptors (Lipinski definition) is 2. The van der Waals surface area contributed by atoms with Crippen molar-refractivity contribution in [3.05, 3.63) is 57.5 Å². The van der Waals surface area contributed by atoms with Crippen LogP contribution in [0.2, 0.25) is 5.02 Å². The first-order chi connectivity index (χ1) is 9.32. The molecule has 0 aliphatic carbocycles. The number of anilines is 1. The molecule has 0 N–H and O–H groups in total. The van der Waals surface area contributed by atoms with E-state index >= 15 is 0 Å². The van der Waals surface area contributed by atoms with Crippen LogP contribution in [0.4, 0.5) is 5.69 Å². The molecule has 106 valence electrons. The third-order valence-corrected chi connectivity index (χ3v) is 5.73. The van der Waals surface area contributed by atoms with Crippen molar-refractivity contribution in [3.8, 4) is 0 Å². The van der Waals surface area contributed by atoms with E-state index < -0.39 is 10.0 Å². The Morgan fingerprint density at radius 1 is 1.10 bits per heavy atom. The van der Waals surface area contributed by atoms with Crippen LogP contribution in [-0.4, -0.2) is 15.5 Å². The van der Waals surface area contributed by atoms with Crippen molar-refractivity contribution in [2.75, 3.05) is 11.4 Å². The van der Waals surface area contributed by atoms with E-state index in [-0.39, 0.29) is 4.90 Å². The molecule has 0 spiro atoms. The molecule has 0 unspecified atom stereocenters. The highest BCUT2D eigenvalue weighted by atomic mass is 79.9. The summed E-state index contributed by atoms with van der Waals surface area (Å²) in [4.78, 5) is 0.236. The lowest BCUT2D eigenvalue weighted by Crippen LogP contribution is -2.26. The van der Waals surface area contributed by atoms with Crippen LogP contribution in [-0.2, 0) is 10.0 Å². The summed E-state index contributed by atoms with van der Waals surface area (Å²) in [6, 6.07) is 11.7. The van der Waals surface area contributed by atoms with Gasteiger partial charge in [-0.25, -0.2) is 8.42 Å². The van der Waals surface area contributed by atoms with Gasteiger partial charge in [0.15, 0.2) is 0 Å². The van der Waals surface area contributed by atoms with Gasteiger partial charge in [0, 0.05) is 16.5 Å². The lowest BCUT2D eigenvalue weighted by atomic mass is 10.2. The SMILES string of the molecule is Cc1ccc(N(C)S(=O)(=O)c2ccc(Br)cc2)cc1Cl. The summed E-state index contributed by atoms with van der Waals surface area (Å²) in [6.45, 7) is 1.87. The van der Waals surface area contributed by atoms with Crippen LogP contribution >= 0.6 is 27.5 Å². The molecule has 2 aromatic rings. The first-order valence-electron chi connectivity index (χ1n) is 5.83. The molecule has 2 rings (SSSR count). The zero-order valence-corrected chi connectivity index (χ0v) is 14.1. The second-order valence-corrected chi connectivity index (χ2v) is 7.65. The second-order valence-electron chi connectivity index (χ2n) is 4.36. The maximum Gasteiger partial charge on any atom is 0.264 e.